The van der Waals surface area contributed by atoms with Crippen LogP contribution >= 0.6 is 0 Å². The molecule has 1 fully saturated rings. The molecule has 0 unspecified atom stereocenters. The lowest BCUT2D eigenvalue weighted by atomic mass is 9.91. The number of amides is 1. The summed E-state index contributed by atoms with van der Waals surface area (Å²) in [6.45, 7) is 3.86. The molecule has 8 heteroatoms. The van der Waals surface area contributed by atoms with E-state index < -0.39 is 0 Å². The summed E-state index contributed by atoms with van der Waals surface area (Å²) in [7, 11) is 3.27. The van der Waals surface area contributed by atoms with Crippen molar-refractivity contribution in [3.8, 4) is 17.2 Å². The Morgan fingerprint density at radius 3 is 2.66 bits per heavy atom. The Morgan fingerprint density at radius 2 is 1.86 bits per heavy atom. The van der Waals surface area contributed by atoms with Crippen molar-refractivity contribution in [2.24, 2.45) is 0 Å². The average Bonchev–Trinajstić information content (AvgIpc) is 3.30. The maximum atomic E-state index is 11.6. The summed E-state index contributed by atoms with van der Waals surface area (Å²) in [5, 5.41) is 8.34. The lowest BCUT2D eigenvalue weighted by Crippen LogP contribution is -2.34. The Hall–Kier alpha value is -3.26. The number of nitrogens with one attached hydrogen (secondary N) is 1. The monoisotopic (exact) mass is 479 g/mol. The Labute approximate surface area is 205 Å². The summed E-state index contributed by atoms with van der Waals surface area (Å²) >= 11 is 0. The number of hydrogen-bond acceptors (Lipinski definition) is 7. The molecule has 1 saturated heterocycles. The number of methoxy groups -OCH3 is 2. The number of aromatic nitrogens is 1. The van der Waals surface area contributed by atoms with Gasteiger partial charge in [0.05, 0.1) is 26.5 Å². The van der Waals surface area contributed by atoms with Gasteiger partial charge in [-0.3, -0.25) is 4.79 Å². The molecule has 1 N–H and O–H groups in total. The fourth-order valence-electron chi connectivity index (χ4n) is 5.08. The highest BCUT2D eigenvalue weighted by molar-refractivity contribution is 5.94. The van der Waals surface area contributed by atoms with Gasteiger partial charge in [0.2, 0.25) is 5.91 Å². The lowest BCUT2D eigenvalue weighted by molar-refractivity contribution is -0.116. The third kappa shape index (κ3) is 5.22. The number of piperidine rings is 1. The summed E-state index contributed by atoms with van der Waals surface area (Å²) in [5.74, 6) is 2.64. The van der Waals surface area contributed by atoms with E-state index in [1.165, 1.54) is 5.56 Å². The second kappa shape index (κ2) is 10.6. The zero-order valence-electron chi connectivity index (χ0n) is 20.5. The molecule has 35 heavy (non-hydrogen) atoms. The van der Waals surface area contributed by atoms with E-state index in [-0.39, 0.29) is 5.91 Å². The smallest absolute Gasteiger partial charge is 0.224 e. The van der Waals surface area contributed by atoms with Crippen LogP contribution in [0.15, 0.2) is 34.9 Å². The lowest BCUT2D eigenvalue weighted by Gasteiger charge is -2.31. The van der Waals surface area contributed by atoms with Gasteiger partial charge in [0.25, 0.3) is 0 Å². The Bertz CT molecular complexity index is 1180. The second-order valence-electron chi connectivity index (χ2n) is 9.31. The van der Waals surface area contributed by atoms with E-state index in [1.807, 2.05) is 24.3 Å². The number of anilines is 1. The molecule has 0 radical (unpaired) electrons. The molecular formula is C27H33N3O5. The summed E-state index contributed by atoms with van der Waals surface area (Å²) < 4.78 is 22.4. The molecule has 0 aliphatic carbocycles. The van der Waals surface area contributed by atoms with Gasteiger partial charge < -0.3 is 29.0 Å². The zero-order valence-corrected chi connectivity index (χ0v) is 20.5. The van der Waals surface area contributed by atoms with Crippen LogP contribution in [0.3, 0.4) is 0 Å². The summed E-state index contributed by atoms with van der Waals surface area (Å²) in [4.78, 5) is 14.1. The first kappa shape index (κ1) is 23.5. The van der Waals surface area contributed by atoms with Crippen molar-refractivity contribution in [1.29, 1.82) is 0 Å². The van der Waals surface area contributed by atoms with Gasteiger partial charge in [-0.2, -0.15) is 0 Å². The normalized spacial score (nSPS) is 16.7. The van der Waals surface area contributed by atoms with Crippen molar-refractivity contribution in [3.63, 3.8) is 0 Å². The second-order valence-corrected chi connectivity index (χ2v) is 9.31. The highest BCUT2D eigenvalue weighted by atomic mass is 16.5. The largest absolute Gasteiger partial charge is 0.494 e. The first-order chi connectivity index (χ1) is 17.1. The predicted molar refractivity (Wildman–Crippen MR) is 134 cm³/mol. The minimum atomic E-state index is 0.0788. The average molecular weight is 480 g/mol. The van der Waals surface area contributed by atoms with E-state index in [2.05, 4.69) is 21.4 Å². The summed E-state index contributed by atoms with van der Waals surface area (Å²) in [6, 6.07) is 9.82. The van der Waals surface area contributed by atoms with Crippen LogP contribution in [0.1, 0.15) is 49.3 Å². The molecule has 1 amide bonds. The van der Waals surface area contributed by atoms with Gasteiger partial charge in [0.1, 0.15) is 5.75 Å². The van der Waals surface area contributed by atoms with E-state index in [0.717, 1.165) is 79.8 Å². The van der Waals surface area contributed by atoms with Crippen molar-refractivity contribution in [2.45, 2.75) is 44.4 Å². The Balaban J connectivity index is 1.06. The van der Waals surface area contributed by atoms with Crippen LogP contribution in [0.2, 0.25) is 0 Å². The molecule has 2 aliphatic rings. The van der Waals surface area contributed by atoms with Crippen molar-refractivity contribution >= 4 is 22.6 Å². The maximum absolute atomic E-state index is 11.6. The minimum absolute atomic E-state index is 0.0788. The van der Waals surface area contributed by atoms with Crippen LogP contribution in [0.5, 0.6) is 17.2 Å². The molecular weight excluding hydrogens is 446 g/mol. The number of benzene rings is 2. The molecule has 8 nitrogen and oxygen atoms in total. The number of likely N-dealkylation sites (tertiary alicyclic amines) is 1. The number of carbonyl (C=O) groups is 1. The third-order valence-electron chi connectivity index (χ3n) is 7.09. The maximum Gasteiger partial charge on any atom is 0.224 e. The van der Waals surface area contributed by atoms with Crippen molar-refractivity contribution in [2.75, 3.05) is 45.8 Å². The van der Waals surface area contributed by atoms with E-state index in [4.69, 9.17) is 18.7 Å². The fraction of sp³-hybridized carbons (Fsp3) is 0.481. The van der Waals surface area contributed by atoms with Crippen molar-refractivity contribution < 1.29 is 23.5 Å². The standard InChI is InChI=1S/C27H33N3O5/c1-32-24-16-21-23(17-25(24)33-2)35-29-27(21)19-9-12-30(13-10-19)11-3-4-14-34-20-7-5-18-6-8-26(31)28-22(18)15-20/h5,7,15-17,19H,3-4,6,8-14H2,1-2H3,(H,28,31). The first-order valence-electron chi connectivity index (χ1n) is 12.4. The fourth-order valence-corrected chi connectivity index (χ4v) is 5.08. The molecule has 0 spiro atoms. The van der Waals surface area contributed by atoms with Gasteiger partial charge in [-0.1, -0.05) is 11.2 Å². The number of ether oxygens (including phenoxy) is 3. The molecule has 3 heterocycles. The number of hydrogen-bond donors (Lipinski definition) is 1. The first-order valence-corrected chi connectivity index (χ1v) is 12.4. The molecule has 0 atom stereocenters. The van der Waals surface area contributed by atoms with E-state index in [1.54, 1.807) is 14.2 Å². The van der Waals surface area contributed by atoms with Crippen LogP contribution in [-0.4, -0.2) is 56.4 Å². The molecule has 186 valence electrons. The molecule has 0 bridgehead atoms. The van der Waals surface area contributed by atoms with Crippen LogP contribution in [0.4, 0.5) is 5.69 Å². The zero-order chi connectivity index (χ0) is 24.2. The van der Waals surface area contributed by atoms with Crippen LogP contribution in [-0.2, 0) is 11.2 Å². The number of carbonyl (C=O) groups excluding carboxylic acids is 1. The molecule has 0 saturated carbocycles. The van der Waals surface area contributed by atoms with Gasteiger partial charge >= 0.3 is 0 Å². The molecule has 1 aromatic heterocycles. The Kier molecular flexibility index (Phi) is 7.08. The van der Waals surface area contributed by atoms with Gasteiger partial charge in [0, 0.05) is 35.5 Å². The quantitative estimate of drug-likeness (QED) is 0.443. The van der Waals surface area contributed by atoms with Crippen LogP contribution in [0, 0.1) is 0 Å². The van der Waals surface area contributed by atoms with Crippen molar-refractivity contribution in [1.82, 2.24) is 10.1 Å². The number of unbranched alkanes of at least 4 members (excludes halogenated alkanes) is 1. The minimum Gasteiger partial charge on any atom is -0.494 e. The van der Waals surface area contributed by atoms with Crippen molar-refractivity contribution in [3.05, 3.63) is 41.6 Å². The highest BCUT2D eigenvalue weighted by Gasteiger charge is 2.26. The van der Waals surface area contributed by atoms with Gasteiger partial charge in [-0.25, -0.2) is 0 Å². The number of aryl methyl sites for hydroxylation is 1. The summed E-state index contributed by atoms with van der Waals surface area (Å²) in [6.07, 6.45) is 5.58. The highest BCUT2D eigenvalue weighted by Crippen LogP contribution is 2.38. The topological polar surface area (TPSA) is 86.1 Å². The third-order valence-corrected chi connectivity index (χ3v) is 7.09. The molecule has 5 rings (SSSR count). The predicted octanol–water partition coefficient (Wildman–Crippen LogP) is 4.77. The van der Waals surface area contributed by atoms with E-state index >= 15 is 0 Å². The molecule has 2 aromatic carbocycles. The Morgan fingerprint density at radius 1 is 1.06 bits per heavy atom. The molecule has 3 aromatic rings. The molecule has 2 aliphatic heterocycles. The van der Waals surface area contributed by atoms with Gasteiger partial charge in [-0.05, 0) is 69.4 Å². The summed E-state index contributed by atoms with van der Waals surface area (Å²) in [5.41, 5.74) is 3.83. The van der Waals surface area contributed by atoms with Gasteiger partial charge in [0.15, 0.2) is 17.1 Å². The SMILES string of the molecule is COc1cc2onc(C3CCN(CCCCOc4ccc5c(c4)NC(=O)CC5)CC3)c2cc1OC. The number of nitrogens with zero attached hydrogens (tertiary/aromatic N) is 2. The number of fused-ring (bicyclic) bond motifs is 2. The van der Waals surface area contributed by atoms with E-state index in [0.29, 0.717) is 30.4 Å². The van der Waals surface area contributed by atoms with Gasteiger partial charge in [-0.15, -0.1) is 0 Å². The van der Waals surface area contributed by atoms with Crippen LogP contribution in [0.25, 0.3) is 11.0 Å². The van der Waals surface area contributed by atoms with Crippen LogP contribution < -0.4 is 19.5 Å². The van der Waals surface area contributed by atoms with E-state index in [9.17, 15) is 4.79 Å². The number of rotatable bonds is 9.